The van der Waals surface area contributed by atoms with Crippen molar-refractivity contribution in [2.45, 2.75) is 6.92 Å². The van der Waals surface area contributed by atoms with Crippen LogP contribution in [-0.2, 0) is 30.1 Å². The molecule has 0 aliphatic carbocycles. The molecule has 3 nitrogen and oxygen atoms in total. The summed E-state index contributed by atoms with van der Waals surface area (Å²) in [6.45, 7) is 1.23. The predicted molar refractivity (Wildman–Crippen MR) is 21.2 cm³/mol. The molecule has 0 aromatic rings. The number of rotatable bonds is 0. The number of hydrogen-bond donors (Lipinski definition) is 0. The number of carbonyl (C=O) groups excluding carboxylic acids is 1. The van der Waals surface area contributed by atoms with Crippen LogP contribution in [-0.4, -0.2) is 11.4 Å². The SMILES string of the molecule is CC(=O)OCl.O.[Pt]. The van der Waals surface area contributed by atoms with Gasteiger partial charge in [0.1, 0.15) is 11.9 Å². The molecule has 0 aliphatic rings. The minimum absolute atomic E-state index is 0. The molecule has 0 radical (unpaired) electrons. The van der Waals surface area contributed by atoms with E-state index < -0.39 is 5.97 Å². The molecule has 5 heteroatoms. The summed E-state index contributed by atoms with van der Waals surface area (Å²) in [6.07, 6.45) is 0. The van der Waals surface area contributed by atoms with Gasteiger partial charge < -0.3 is 9.77 Å². The fourth-order valence-electron chi connectivity index (χ4n) is 0. The van der Waals surface area contributed by atoms with Crippen molar-refractivity contribution in [3.05, 3.63) is 0 Å². The fourth-order valence-corrected chi connectivity index (χ4v) is 0. The van der Waals surface area contributed by atoms with Crippen molar-refractivity contribution in [3.8, 4) is 0 Å². The molecule has 0 saturated heterocycles. The number of carbonyl (C=O) groups is 1. The summed E-state index contributed by atoms with van der Waals surface area (Å²) in [6, 6.07) is 0. The van der Waals surface area contributed by atoms with E-state index >= 15 is 0 Å². The summed E-state index contributed by atoms with van der Waals surface area (Å²) in [5.74, 6) is -0.480. The molecule has 0 amide bonds. The molecule has 0 fully saturated rings. The second-order valence-electron chi connectivity index (χ2n) is 0.569. The molecular weight excluding hydrogens is 303 g/mol. The molecule has 0 aromatic heterocycles. The Bertz CT molecular complexity index is 48.2. The predicted octanol–water partition coefficient (Wildman–Crippen LogP) is -0.124. The van der Waals surface area contributed by atoms with E-state index in [1.165, 1.54) is 6.92 Å². The van der Waals surface area contributed by atoms with Gasteiger partial charge in [-0.05, 0) is 0 Å². The summed E-state index contributed by atoms with van der Waals surface area (Å²) in [7, 11) is 0. The summed E-state index contributed by atoms with van der Waals surface area (Å²) >= 11 is 4.49. The first-order valence-electron chi connectivity index (χ1n) is 1.06. The van der Waals surface area contributed by atoms with E-state index in [0.717, 1.165) is 0 Å². The molecule has 0 saturated carbocycles. The Morgan fingerprint density at radius 3 is 1.86 bits per heavy atom. The summed E-state index contributed by atoms with van der Waals surface area (Å²) in [5, 5.41) is 0. The zero-order valence-electron chi connectivity index (χ0n) is 3.51. The van der Waals surface area contributed by atoms with Gasteiger partial charge in [0.05, 0.1) is 0 Å². The van der Waals surface area contributed by atoms with Crippen LogP contribution in [0.4, 0.5) is 0 Å². The Kier molecular flexibility index (Phi) is 21.6. The third kappa shape index (κ3) is 21.5. The van der Waals surface area contributed by atoms with Gasteiger partial charge in [-0.15, -0.1) is 0 Å². The molecule has 0 spiro atoms. The molecule has 48 valence electrons. The zero-order valence-corrected chi connectivity index (χ0v) is 6.54. The Balaban J connectivity index is -0.0000000800. The van der Waals surface area contributed by atoms with E-state index in [4.69, 9.17) is 0 Å². The topological polar surface area (TPSA) is 57.8 Å². The van der Waals surface area contributed by atoms with Crippen LogP contribution < -0.4 is 0 Å². The Hall–Kier alpha value is 0.408. The summed E-state index contributed by atoms with van der Waals surface area (Å²) in [5.41, 5.74) is 0. The third-order valence-corrected chi connectivity index (χ3v) is 0.326. The van der Waals surface area contributed by atoms with Crippen molar-refractivity contribution in [1.82, 2.24) is 0 Å². The first-order valence-corrected chi connectivity index (χ1v) is 1.37. The van der Waals surface area contributed by atoms with Gasteiger partial charge in [0, 0.05) is 28.0 Å². The minimum Gasteiger partial charge on any atom is -0.412 e. The van der Waals surface area contributed by atoms with Crippen LogP contribution in [0.1, 0.15) is 6.92 Å². The number of halogens is 1. The van der Waals surface area contributed by atoms with Crippen molar-refractivity contribution in [2.24, 2.45) is 0 Å². The van der Waals surface area contributed by atoms with Crippen LogP contribution in [0.25, 0.3) is 0 Å². The van der Waals surface area contributed by atoms with Gasteiger partial charge in [0.2, 0.25) is 0 Å². The molecule has 2 N–H and O–H groups in total. The van der Waals surface area contributed by atoms with Crippen molar-refractivity contribution in [3.63, 3.8) is 0 Å². The minimum atomic E-state index is -0.480. The largest absolute Gasteiger partial charge is 0.412 e. The standard InChI is InChI=1S/C2H3ClO2.H2O.Pt/c1-2(4)5-3;;/h1H3;1H2;. The van der Waals surface area contributed by atoms with Gasteiger partial charge in [0.15, 0.2) is 0 Å². The van der Waals surface area contributed by atoms with E-state index in [1.807, 2.05) is 0 Å². The monoisotopic (exact) mass is 307 g/mol. The van der Waals surface area contributed by atoms with Crippen LogP contribution in [0.15, 0.2) is 0 Å². The second-order valence-corrected chi connectivity index (χ2v) is 0.723. The maximum absolute atomic E-state index is 9.46. The fraction of sp³-hybridized carbons (Fsp3) is 0.500. The van der Waals surface area contributed by atoms with Gasteiger partial charge in [-0.3, -0.25) is 4.79 Å². The first-order chi connectivity index (χ1) is 2.27. The van der Waals surface area contributed by atoms with E-state index in [1.54, 1.807) is 0 Å². The molecular formula is C2H5ClO3Pt. The zero-order chi connectivity index (χ0) is 4.28. The Morgan fingerprint density at radius 2 is 1.86 bits per heavy atom. The normalized spacial score (nSPS) is 4.86. The van der Waals surface area contributed by atoms with Crippen LogP contribution in [0.3, 0.4) is 0 Å². The summed E-state index contributed by atoms with van der Waals surface area (Å²) in [4.78, 5) is 9.46. The van der Waals surface area contributed by atoms with E-state index in [-0.39, 0.29) is 26.5 Å². The second kappa shape index (κ2) is 9.65. The molecule has 0 aliphatic heterocycles. The van der Waals surface area contributed by atoms with Crippen LogP contribution in [0.5, 0.6) is 0 Å². The third-order valence-electron chi connectivity index (χ3n) is 0.109. The van der Waals surface area contributed by atoms with Crippen molar-refractivity contribution < 1.29 is 35.6 Å². The van der Waals surface area contributed by atoms with E-state index in [0.29, 0.717) is 0 Å². The summed E-state index contributed by atoms with van der Waals surface area (Å²) < 4.78 is 3.58. The van der Waals surface area contributed by atoms with E-state index in [9.17, 15) is 4.79 Å². The Labute approximate surface area is 60.7 Å². The van der Waals surface area contributed by atoms with E-state index in [2.05, 4.69) is 16.2 Å². The van der Waals surface area contributed by atoms with Crippen molar-refractivity contribution in [2.75, 3.05) is 0 Å². The maximum atomic E-state index is 9.46. The molecule has 7 heavy (non-hydrogen) atoms. The quantitative estimate of drug-likeness (QED) is 0.626. The maximum Gasteiger partial charge on any atom is 0.321 e. The van der Waals surface area contributed by atoms with Gasteiger partial charge in [-0.2, -0.15) is 0 Å². The van der Waals surface area contributed by atoms with Gasteiger partial charge in [-0.1, -0.05) is 0 Å². The molecule has 0 aromatic carbocycles. The molecule has 0 rings (SSSR count). The molecule has 0 heterocycles. The first kappa shape index (κ1) is 15.7. The average molecular weight is 308 g/mol. The van der Waals surface area contributed by atoms with Gasteiger partial charge in [0.25, 0.3) is 0 Å². The number of hydrogen-bond acceptors (Lipinski definition) is 2. The smallest absolute Gasteiger partial charge is 0.321 e. The van der Waals surface area contributed by atoms with Crippen LogP contribution >= 0.6 is 11.9 Å². The molecule has 0 unspecified atom stereocenters. The Morgan fingerprint density at radius 1 is 1.71 bits per heavy atom. The van der Waals surface area contributed by atoms with Crippen LogP contribution in [0.2, 0.25) is 0 Å². The van der Waals surface area contributed by atoms with Gasteiger partial charge in [-0.25, -0.2) is 0 Å². The van der Waals surface area contributed by atoms with Crippen LogP contribution in [0, 0.1) is 0 Å². The van der Waals surface area contributed by atoms with Crippen molar-refractivity contribution >= 4 is 17.8 Å². The van der Waals surface area contributed by atoms with Crippen molar-refractivity contribution in [1.29, 1.82) is 0 Å². The van der Waals surface area contributed by atoms with Gasteiger partial charge >= 0.3 is 5.97 Å². The average Bonchev–Trinajstić information content (AvgIpc) is 1.38. The molecule has 0 bridgehead atoms. The molecule has 0 atom stereocenters.